The molecule has 0 radical (unpaired) electrons. The molecule has 17 heavy (non-hydrogen) atoms. The number of nitrogens with zero attached hydrogens (tertiary/aromatic N) is 1. The first kappa shape index (κ1) is 13.3. The van der Waals surface area contributed by atoms with Crippen LogP contribution in [0.4, 0.5) is 11.4 Å². The van der Waals surface area contributed by atoms with Crippen LogP contribution in [0.2, 0.25) is 0 Å². The fourth-order valence-electron chi connectivity index (χ4n) is 1.33. The molecule has 1 aromatic rings. The van der Waals surface area contributed by atoms with Gasteiger partial charge in [-0.05, 0) is 24.6 Å². The van der Waals surface area contributed by atoms with Crippen LogP contribution in [-0.2, 0) is 9.84 Å². The fourth-order valence-corrected chi connectivity index (χ4v) is 2.00. The number of rotatable bonds is 5. The Morgan fingerprint density at radius 1 is 1.47 bits per heavy atom. The molecule has 92 valence electrons. The van der Waals surface area contributed by atoms with E-state index in [2.05, 4.69) is 5.32 Å². The van der Waals surface area contributed by atoms with Gasteiger partial charge in [-0.1, -0.05) is 0 Å². The van der Waals surface area contributed by atoms with Crippen molar-refractivity contribution < 1.29 is 8.42 Å². The third-order valence-corrected chi connectivity index (χ3v) is 3.23. The van der Waals surface area contributed by atoms with Gasteiger partial charge in [0, 0.05) is 24.2 Å². The molecular weight excluding hydrogens is 238 g/mol. The van der Waals surface area contributed by atoms with Crippen molar-refractivity contribution in [1.29, 1.82) is 5.26 Å². The topological polar surface area (TPSA) is 96.0 Å². The van der Waals surface area contributed by atoms with Crippen LogP contribution in [0.25, 0.3) is 0 Å². The second-order valence-electron chi connectivity index (χ2n) is 3.82. The van der Waals surface area contributed by atoms with Crippen LogP contribution in [0.1, 0.15) is 12.0 Å². The molecule has 0 saturated carbocycles. The number of hydrogen-bond donors (Lipinski definition) is 2. The zero-order valence-corrected chi connectivity index (χ0v) is 10.4. The van der Waals surface area contributed by atoms with Crippen molar-refractivity contribution in [2.45, 2.75) is 6.42 Å². The fraction of sp³-hybridized carbons (Fsp3) is 0.364. The summed E-state index contributed by atoms with van der Waals surface area (Å²) < 4.78 is 21.8. The summed E-state index contributed by atoms with van der Waals surface area (Å²) in [4.78, 5) is 0. The van der Waals surface area contributed by atoms with Crippen LogP contribution in [0.3, 0.4) is 0 Å². The van der Waals surface area contributed by atoms with Crippen molar-refractivity contribution in [2.75, 3.05) is 29.6 Å². The molecule has 0 amide bonds. The van der Waals surface area contributed by atoms with Crippen molar-refractivity contribution in [3.8, 4) is 6.07 Å². The van der Waals surface area contributed by atoms with Crippen molar-refractivity contribution in [2.24, 2.45) is 0 Å². The molecule has 1 aromatic carbocycles. The Hall–Kier alpha value is -1.74. The normalized spacial score (nSPS) is 10.8. The first-order valence-corrected chi connectivity index (χ1v) is 7.19. The van der Waals surface area contributed by atoms with Gasteiger partial charge in [0.05, 0.1) is 11.3 Å². The van der Waals surface area contributed by atoms with Gasteiger partial charge in [0.15, 0.2) is 0 Å². The molecule has 0 atom stereocenters. The van der Waals surface area contributed by atoms with Gasteiger partial charge < -0.3 is 11.1 Å². The minimum atomic E-state index is -2.91. The summed E-state index contributed by atoms with van der Waals surface area (Å²) in [5, 5.41) is 11.8. The van der Waals surface area contributed by atoms with Gasteiger partial charge in [0.25, 0.3) is 0 Å². The molecule has 0 bridgehead atoms. The predicted molar refractivity (Wildman–Crippen MR) is 68.4 cm³/mol. The predicted octanol–water partition coefficient (Wildman–Crippen LogP) is 0.987. The first-order chi connectivity index (χ1) is 7.92. The van der Waals surface area contributed by atoms with E-state index < -0.39 is 9.84 Å². The van der Waals surface area contributed by atoms with Crippen molar-refractivity contribution >= 4 is 21.2 Å². The lowest BCUT2D eigenvalue weighted by Gasteiger charge is -2.07. The maximum absolute atomic E-state index is 10.9. The van der Waals surface area contributed by atoms with Gasteiger partial charge >= 0.3 is 0 Å². The van der Waals surface area contributed by atoms with Crippen LogP contribution < -0.4 is 11.1 Å². The summed E-state index contributed by atoms with van der Waals surface area (Å²) in [5.74, 6) is 0.153. The van der Waals surface area contributed by atoms with Crippen molar-refractivity contribution in [1.82, 2.24) is 0 Å². The molecule has 3 N–H and O–H groups in total. The average molecular weight is 253 g/mol. The third kappa shape index (κ3) is 4.74. The molecule has 0 aliphatic heterocycles. The lowest BCUT2D eigenvalue weighted by molar-refractivity contribution is 0.600. The average Bonchev–Trinajstić information content (AvgIpc) is 2.25. The molecule has 0 fully saturated rings. The van der Waals surface area contributed by atoms with Gasteiger partial charge in [0.2, 0.25) is 0 Å². The Labute approximate surface area is 101 Å². The maximum Gasteiger partial charge on any atom is 0.147 e. The SMILES string of the molecule is CS(=O)(=O)CCCNc1ccc(N)c(C#N)c1. The van der Waals surface area contributed by atoms with Gasteiger partial charge in [-0.25, -0.2) is 8.42 Å². The van der Waals surface area contributed by atoms with Crippen LogP contribution in [0, 0.1) is 11.3 Å². The smallest absolute Gasteiger partial charge is 0.147 e. The van der Waals surface area contributed by atoms with E-state index in [0.29, 0.717) is 24.2 Å². The number of nitrogen functional groups attached to an aromatic ring is 1. The summed E-state index contributed by atoms with van der Waals surface area (Å²) in [7, 11) is -2.91. The van der Waals surface area contributed by atoms with Crippen LogP contribution in [0.5, 0.6) is 0 Å². The molecule has 0 heterocycles. The number of nitriles is 1. The monoisotopic (exact) mass is 253 g/mol. The minimum absolute atomic E-state index is 0.153. The quantitative estimate of drug-likeness (QED) is 0.602. The lowest BCUT2D eigenvalue weighted by Crippen LogP contribution is -2.09. The van der Waals surface area contributed by atoms with Crippen molar-refractivity contribution in [3.63, 3.8) is 0 Å². The molecule has 0 unspecified atom stereocenters. The van der Waals surface area contributed by atoms with E-state index in [1.165, 1.54) is 6.26 Å². The van der Waals surface area contributed by atoms with E-state index in [4.69, 9.17) is 11.0 Å². The molecule has 0 aliphatic carbocycles. The summed E-state index contributed by atoms with van der Waals surface area (Å²) in [6.45, 7) is 0.544. The lowest BCUT2D eigenvalue weighted by atomic mass is 10.2. The van der Waals surface area contributed by atoms with Gasteiger partial charge in [-0.2, -0.15) is 5.26 Å². The molecule has 1 rings (SSSR count). The highest BCUT2D eigenvalue weighted by Gasteiger charge is 2.02. The molecule has 6 heteroatoms. The van der Waals surface area contributed by atoms with Gasteiger partial charge in [0.1, 0.15) is 15.9 Å². The van der Waals surface area contributed by atoms with E-state index in [0.717, 1.165) is 5.69 Å². The highest BCUT2D eigenvalue weighted by Crippen LogP contribution is 2.16. The Bertz CT molecular complexity index is 532. The number of hydrogen-bond acceptors (Lipinski definition) is 5. The summed E-state index contributed by atoms with van der Waals surface area (Å²) in [5.41, 5.74) is 7.20. The molecule has 0 aromatic heterocycles. The van der Waals surface area contributed by atoms with E-state index in [9.17, 15) is 8.42 Å². The summed E-state index contributed by atoms with van der Waals surface area (Å²) in [6.07, 6.45) is 1.75. The van der Waals surface area contributed by atoms with Crippen LogP contribution >= 0.6 is 0 Å². The van der Waals surface area contributed by atoms with E-state index in [-0.39, 0.29) is 5.75 Å². The summed E-state index contributed by atoms with van der Waals surface area (Å²) >= 11 is 0. The number of nitrogens with one attached hydrogen (secondary N) is 1. The van der Waals surface area contributed by atoms with Crippen LogP contribution in [0.15, 0.2) is 18.2 Å². The Balaban J connectivity index is 2.51. The van der Waals surface area contributed by atoms with E-state index >= 15 is 0 Å². The summed E-state index contributed by atoms with van der Waals surface area (Å²) in [6, 6.07) is 7.05. The molecule has 0 saturated heterocycles. The van der Waals surface area contributed by atoms with E-state index in [1.54, 1.807) is 18.2 Å². The number of anilines is 2. The number of sulfone groups is 1. The zero-order valence-electron chi connectivity index (χ0n) is 9.60. The Kier molecular flexibility index (Phi) is 4.35. The standard InChI is InChI=1S/C11H15N3O2S/c1-17(15,16)6-2-5-14-10-3-4-11(13)9(7-10)8-12/h3-4,7,14H,2,5-6,13H2,1H3. The first-order valence-electron chi connectivity index (χ1n) is 5.13. The Morgan fingerprint density at radius 3 is 2.76 bits per heavy atom. The maximum atomic E-state index is 10.9. The molecule has 0 aliphatic rings. The largest absolute Gasteiger partial charge is 0.398 e. The highest BCUT2D eigenvalue weighted by molar-refractivity contribution is 7.90. The second-order valence-corrected chi connectivity index (χ2v) is 6.08. The number of benzene rings is 1. The molecule has 5 nitrogen and oxygen atoms in total. The Morgan fingerprint density at radius 2 is 2.18 bits per heavy atom. The van der Waals surface area contributed by atoms with E-state index in [1.807, 2.05) is 6.07 Å². The van der Waals surface area contributed by atoms with Gasteiger partial charge in [-0.15, -0.1) is 0 Å². The zero-order chi connectivity index (χ0) is 12.9. The van der Waals surface area contributed by atoms with Crippen LogP contribution in [-0.4, -0.2) is 27.0 Å². The third-order valence-electron chi connectivity index (χ3n) is 2.19. The molecule has 0 spiro atoms. The second kappa shape index (κ2) is 5.55. The minimum Gasteiger partial charge on any atom is -0.398 e. The van der Waals surface area contributed by atoms with Gasteiger partial charge in [-0.3, -0.25) is 0 Å². The molecular formula is C11H15N3O2S. The number of nitrogens with two attached hydrogens (primary N) is 1. The highest BCUT2D eigenvalue weighted by atomic mass is 32.2. The van der Waals surface area contributed by atoms with Crippen molar-refractivity contribution in [3.05, 3.63) is 23.8 Å².